The number of carbonyl (C=O) groups excluding carboxylic acids is 2. The fraction of sp³-hybridized carbons (Fsp3) is 0.364. The van der Waals surface area contributed by atoms with Crippen LogP contribution in [0.1, 0.15) is 23.3 Å². The molecule has 0 spiro atoms. The SMILES string of the molecule is COC(=O)c1ccc(=O)n(C(C)C(=O)OC)c1. The van der Waals surface area contributed by atoms with Gasteiger partial charge >= 0.3 is 11.9 Å². The molecule has 92 valence electrons. The van der Waals surface area contributed by atoms with Gasteiger partial charge in [0.15, 0.2) is 0 Å². The van der Waals surface area contributed by atoms with Gasteiger partial charge in [-0.1, -0.05) is 0 Å². The molecule has 0 aliphatic rings. The molecule has 0 aliphatic carbocycles. The van der Waals surface area contributed by atoms with Crippen molar-refractivity contribution in [2.75, 3.05) is 14.2 Å². The van der Waals surface area contributed by atoms with Crippen molar-refractivity contribution in [3.05, 3.63) is 34.2 Å². The van der Waals surface area contributed by atoms with Gasteiger partial charge in [-0.05, 0) is 13.0 Å². The number of ether oxygens (including phenoxy) is 2. The van der Waals surface area contributed by atoms with Crippen molar-refractivity contribution in [2.24, 2.45) is 0 Å². The van der Waals surface area contributed by atoms with Gasteiger partial charge in [-0.2, -0.15) is 0 Å². The van der Waals surface area contributed by atoms with Gasteiger partial charge < -0.3 is 14.0 Å². The van der Waals surface area contributed by atoms with Crippen molar-refractivity contribution < 1.29 is 19.1 Å². The van der Waals surface area contributed by atoms with Gasteiger partial charge in [-0.25, -0.2) is 9.59 Å². The average Bonchev–Trinajstić information content (AvgIpc) is 2.36. The number of hydrogen-bond donors (Lipinski definition) is 0. The summed E-state index contributed by atoms with van der Waals surface area (Å²) in [5.41, 5.74) is -0.196. The van der Waals surface area contributed by atoms with Crippen molar-refractivity contribution in [2.45, 2.75) is 13.0 Å². The zero-order chi connectivity index (χ0) is 13.0. The van der Waals surface area contributed by atoms with E-state index in [0.717, 1.165) is 4.57 Å². The Morgan fingerprint density at radius 1 is 1.24 bits per heavy atom. The first kappa shape index (κ1) is 13.0. The minimum atomic E-state index is -0.794. The Morgan fingerprint density at radius 2 is 1.88 bits per heavy atom. The highest BCUT2D eigenvalue weighted by molar-refractivity contribution is 5.89. The second-order valence-corrected chi connectivity index (χ2v) is 3.35. The molecule has 0 aromatic carbocycles. The number of methoxy groups -OCH3 is 2. The summed E-state index contributed by atoms with van der Waals surface area (Å²) >= 11 is 0. The summed E-state index contributed by atoms with van der Waals surface area (Å²) in [7, 11) is 2.47. The Hall–Kier alpha value is -2.11. The predicted molar refractivity (Wildman–Crippen MR) is 58.8 cm³/mol. The molecule has 1 unspecified atom stereocenters. The van der Waals surface area contributed by atoms with Gasteiger partial charge in [0.2, 0.25) is 0 Å². The summed E-state index contributed by atoms with van der Waals surface area (Å²) in [5, 5.41) is 0. The number of hydrogen-bond acceptors (Lipinski definition) is 5. The smallest absolute Gasteiger partial charge is 0.339 e. The van der Waals surface area contributed by atoms with E-state index < -0.39 is 23.5 Å². The van der Waals surface area contributed by atoms with Gasteiger partial charge in [0.05, 0.1) is 19.8 Å². The topological polar surface area (TPSA) is 74.6 Å². The number of rotatable bonds is 3. The minimum absolute atomic E-state index is 0.197. The fourth-order valence-corrected chi connectivity index (χ4v) is 1.33. The van der Waals surface area contributed by atoms with Crippen LogP contribution in [0.15, 0.2) is 23.1 Å². The Morgan fingerprint density at radius 3 is 2.41 bits per heavy atom. The molecule has 0 amide bonds. The standard InChI is InChI=1S/C11H13NO5/c1-7(10(14)16-2)12-6-8(11(15)17-3)4-5-9(12)13/h4-7H,1-3H3. The first-order valence-electron chi connectivity index (χ1n) is 4.89. The number of nitrogens with zero attached hydrogens (tertiary/aromatic N) is 1. The van der Waals surface area contributed by atoms with Crippen LogP contribution in [0.2, 0.25) is 0 Å². The van der Waals surface area contributed by atoms with Crippen LogP contribution in [0.25, 0.3) is 0 Å². The summed E-state index contributed by atoms with van der Waals surface area (Å²) in [6.45, 7) is 1.51. The molecule has 17 heavy (non-hydrogen) atoms. The predicted octanol–water partition coefficient (Wildman–Crippen LogP) is 0.369. The highest BCUT2D eigenvalue weighted by atomic mass is 16.5. The second kappa shape index (κ2) is 5.29. The van der Waals surface area contributed by atoms with Crippen LogP contribution in [0.4, 0.5) is 0 Å². The van der Waals surface area contributed by atoms with Crippen LogP contribution in [0.5, 0.6) is 0 Å². The molecule has 0 saturated carbocycles. The molecule has 1 heterocycles. The molecule has 0 radical (unpaired) electrons. The molecule has 1 aromatic rings. The lowest BCUT2D eigenvalue weighted by atomic mass is 10.2. The zero-order valence-electron chi connectivity index (χ0n) is 9.80. The molecule has 1 atom stereocenters. The Labute approximate surface area is 97.8 Å². The van der Waals surface area contributed by atoms with E-state index in [1.165, 1.54) is 39.5 Å². The molecule has 6 nitrogen and oxygen atoms in total. The van der Waals surface area contributed by atoms with Crippen molar-refractivity contribution in [1.82, 2.24) is 4.57 Å². The van der Waals surface area contributed by atoms with E-state index in [0.29, 0.717) is 0 Å². The molecule has 6 heteroatoms. The molecular weight excluding hydrogens is 226 g/mol. The number of aromatic nitrogens is 1. The van der Waals surface area contributed by atoms with E-state index in [1.54, 1.807) is 0 Å². The Balaban J connectivity index is 3.19. The maximum absolute atomic E-state index is 11.5. The lowest BCUT2D eigenvalue weighted by Crippen LogP contribution is -2.28. The van der Waals surface area contributed by atoms with E-state index in [4.69, 9.17) is 0 Å². The molecule has 1 aromatic heterocycles. The maximum Gasteiger partial charge on any atom is 0.339 e. The summed E-state index contributed by atoms with van der Waals surface area (Å²) in [6.07, 6.45) is 1.27. The summed E-state index contributed by atoms with van der Waals surface area (Å²) in [4.78, 5) is 34.1. The van der Waals surface area contributed by atoms with Gasteiger partial charge in [-0.3, -0.25) is 4.79 Å². The first-order chi connectivity index (χ1) is 8.01. The maximum atomic E-state index is 11.5. The lowest BCUT2D eigenvalue weighted by Gasteiger charge is -2.13. The highest BCUT2D eigenvalue weighted by Crippen LogP contribution is 2.07. The van der Waals surface area contributed by atoms with Crippen molar-refractivity contribution in [3.63, 3.8) is 0 Å². The highest BCUT2D eigenvalue weighted by Gasteiger charge is 2.18. The lowest BCUT2D eigenvalue weighted by molar-refractivity contribution is -0.144. The normalized spacial score (nSPS) is 11.7. The molecule has 0 fully saturated rings. The van der Waals surface area contributed by atoms with E-state index in [2.05, 4.69) is 9.47 Å². The van der Waals surface area contributed by atoms with Crippen LogP contribution in [-0.4, -0.2) is 30.7 Å². The van der Waals surface area contributed by atoms with Crippen molar-refractivity contribution in [1.29, 1.82) is 0 Å². The quantitative estimate of drug-likeness (QED) is 0.712. The van der Waals surface area contributed by atoms with Crippen LogP contribution < -0.4 is 5.56 Å². The molecule has 0 aliphatic heterocycles. The van der Waals surface area contributed by atoms with E-state index >= 15 is 0 Å². The summed E-state index contributed by atoms with van der Waals surface area (Å²) in [6, 6.07) is 1.75. The van der Waals surface area contributed by atoms with E-state index in [1.807, 2.05) is 0 Å². The minimum Gasteiger partial charge on any atom is -0.467 e. The van der Waals surface area contributed by atoms with Gasteiger partial charge in [0, 0.05) is 12.3 Å². The zero-order valence-corrected chi connectivity index (χ0v) is 9.80. The molecular formula is C11H13NO5. The molecule has 0 N–H and O–H groups in total. The fourth-order valence-electron chi connectivity index (χ4n) is 1.33. The second-order valence-electron chi connectivity index (χ2n) is 3.35. The van der Waals surface area contributed by atoms with Crippen LogP contribution in [0, 0.1) is 0 Å². The number of pyridine rings is 1. The molecule has 0 saturated heterocycles. The third-order valence-corrected chi connectivity index (χ3v) is 2.32. The number of carbonyl (C=O) groups is 2. The van der Waals surface area contributed by atoms with Crippen molar-refractivity contribution in [3.8, 4) is 0 Å². The summed E-state index contributed by atoms with van der Waals surface area (Å²) in [5.74, 6) is -1.13. The van der Waals surface area contributed by atoms with E-state index in [-0.39, 0.29) is 5.56 Å². The van der Waals surface area contributed by atoms with Crippen molar-refractivity contribution >= 4 is 11.9 Å². The Kier molecular flexibility index (Phi) is 4.03. The monoisotopic (exact) mass is 239 g/mol. The molecule has 0 bridgehead atoms. The van der Waals surface area contributed by atoms with Gasteiger partial charge in [-0.15, -0.1) is 0 Å². The summed E-state index contributed by atoms with van der Waals surface area (Å²) < 4.78 is 10.2. The first-order valence-corrected chi connectivity index (χ1v) is 4.89. The average molecular weight is 239 g/mol. The van der Waals surface area contributed by atoms with E-state index in [9.17, 15) is 14.4 Å². The third-order valence-electron chi connectivity index (χ3n) is 2.32. The molecule has 1 rings (SSSR count). The van der Waals surface area contributed by atoms with Crippen LogP contribution >= 0.6 is 0 Å². The van der Waals surface area contributed by atoms with Gasteiger partial charge in [0.1, 0.15) is 6.04 Å². The Bertz CT molecular complexity index is 491. The largest absolute Gasteiger partial charge is 0.467 e. The third kappa shape index (κ3) is 2.72. The number of esters is 2. The van der Waals surface area contributed by atoms with Crippen LogP contribution in [-0.2, 0) is 14.3 Å². The van der Waals surface area contributed by atoms with Gasteiger partial charge in [0.25, 0.3) is 5.56 Å². The van der Waals surface area contributed by atoms with Crippen LogP contribution in [0.3, 0.4) is 0 Å².